The molecule has 0 spiro atoms. The van der Waals surface area contributed by atoms with E-state index in [9.17, 15) is 0 Å². The van der Waals surface area contributed by atoms with Gasteiger partial charge in [-0.25, -0.2) is 0 Å². The highest BCUT2D eigenvalue weighted by atomic mass is 15.3. The molecule has 0 fully saturated rings. The number of nitrogens with one attached hydrogen (secondary N) is 1. The molecule has 1 unspecified atom stereocenters. The summed E-state index contributed by atoms with van der Waals surface area (Å²) < 4.78 is 2.14. The minimum Gasteiger partial charge on any atom is -0.362 e. The van der Waals surface area contributed by atoms with Gasteiger partial charge >= 0.3 is 0 Å². The lowest BCUT2D eigenvalue weighted by Gasteiger charge is -2.32. The molecule has 1 aromatic heterocycles. The Morgan fingerprint density at radius 3 is 3.00 bits per heavy atom. The fourth-order valence-electron chi connectivity index (χ4n) is 2.88. The summed E-state index contributed by atoms with van der Waals surface area (Å²) in [6.07, 6.45) is 2.98. The van der Waals surface area contributed by atoms with Crippen LogP contribution in [-0.2, 0) is 13.1 Å². The molecule has 0 bridgehead atoms. The molecule has 21 heavy (non-hydrogen) atoms. The highest BCUT2D eigenvalue weighted by Crippen LogP contribution is 2.28. The number of aromatic nitrogens is 3. The fraction of sp³-hybridized carbons (Fsp3) is 0.500. The van der Waals surface area contributed by atoms with Crippen LogP contribution in [0.1, 0.15) is 37.7 Å². The average molecular weight is 285 g/mol. The van der Waals surface area contributed by atoms with Gasteiger partial charge in [0.15, 0.2) is 5.82 Å². The molecule has 0 aliphatic carbocycles. The molecular formula is C16H23N5. The number of hydrogen-bond donors (Lipinski definition) is 1. The Morgan fingerprint density at radius 1 is 1.29 bits per heavy atom. The Labute approximate surface area is 126 Å². The molecular weight excluding hydrogens is 262 g/mol. The molecule has 0 radical (unpaired) electrons. The van der Waals surface area contributed by atoms with Crippen molar-refractivity contribution in [1.82, 2.24) is 20.1 Å². The second-order valence-corrected chi connectivity index (χ2v) is 5.60. The molecule has 1 aliphatic rings. The summed E-state index contributed by atoms with van der Waals surface area (Å²) in [5.41, 5.74) is 2.67. The summed E-state index contributed by atoms with van der Waals surface area (Å²) in [5.74, 6) is 1.05. The number of fused-ring (bicyclic) bond motifs is 1. The number of nitrogens with zero attached hydrogens (tertiary/aromatic N) is 4. The van der Waals surface area contributed by atoms with Crippen LogP contribution in [-0.4, -0.2) is 27.9 Å². The standard InChI is InChI=1S/C16H23N5/c1-3-8-17-13(2)14-6-4-5-7-15(14)20-9-10-21-12-18-19-16(21)11-20/h4-7,12-13,17H,3,8-11H2,1-2H3. The number of benzene rings is 1. The van der Waals surface area contributed by atoms with E-state index in [1.54, 1.807) is 0 Å². The maximum atomic E-state index is 4.21. The number of rotatable bonds is 5. The van der Waals surface area contributed by atoms with Crippen LogP contribution in [0.2, 0.25) is 0 Å². The van der Waals surface area contributed by atoms with Crippen LogP contribution < -0.4 is 10.2 Å². The summed E-state index contributed by atoms with van der Waals surface area (Å²) in [7, 11) is 0. The molecule has 0 saturated heterocycles. The first-order valence-corrected chi connectivity index (χ1v) is 7.73. The second kappa shape index (κ2) is 6.26. The summed E-state index contributed by atoms with van der Waals surface area (Å²) in [5, 5.41) is 11.8. The molecule has 5 heteroatoms. The van der Waals surface area contributed by atoms with E-state index in [1.165, 1.54) is 11.3 Å². The summed E-state index contributed by atoms with van der Waals surface area (Å²) >= 11 is 0. The Balaban J connectivity index is 1.82. The molecule has 1 N–H and O–H groups in total. The Morgan fingerprint density at radius 2 is 2.14 bits per heavy atom. The SMILES string of the molecule is CCCNC(C)c1ccccc1N1CCn2cnnc2C1. The third-order valence-corrected chi connectivity index (χ3v) is 4.08. The summed E-state index contributed by atoms with van der Waals surface area (Å²) in [6.45, 7) is 8.27. The van der Waals surface area contributed by atoms with E-state index < -0.39 is 0 Å². The average Bonchev–Trinajstić information content (AvgIpc) is 3.00. The van der Waals surface area contributed by atoms with Gasteiger partial charge in [-0.15, -0.1) is 10.2 Å². The van der Waals surface area contributed by atoms with E-state index in [-0.39, 0.29) is 0 Å². The van der Waals surface area contributed by atoms with Crippen molar-refractivity contribution < 1.29 is 0 Å². The molecule has 5 nitrogen and oxygen atoms in total. The normalized spacial score (nSPS) is 15.8. The van der Waals surface area contributed by atoms with Gasteiger partial charge in [0.25, 0.3) is 0 Å². The van der Waals surface area contributed by atoms with Crippen molar-refractivity contribution in [3.63, 3.8) is 0 Å². The molecule has 1 atom stereocenters. The minimum absolute atomic E-state index is 0.362. The van der Waals surface area contributed by atoms with Crippen molar-refractivity contribution in [1.29, 1.82) is 0 Å². The van der Waals surface area contributed by atoms with Crippen molar-refractivity contribution in [2.75, 3.05) is 18.0 Å². The molecule has 112 valence electrons. The number of hydrogen-bond acceptors (Lipinski definition) is 4. The van der Waals surface area contributed by atoms with Crippen LogP contribution in [0.15, 0.2) is 30.6 Å². The van der Waals surface area contributed by atoms with Gasteiger partial charge in [-0.3, -0.25) is 0 Å². The van der Waals surface area contributed by atoms with Crippen LogP contribution in [0.25, 0.3) is 0 Å². The molecule has 0 amide bonds. The van der Waals surface area contributed by atoms with Crippen LogP contribution in [0, 0.1) is 0 Å². The molecule has 2 heterocycles. The van der Waals surface area contributed by atoms with Gasteiger partial charge in [0, 0.05) is 24.8 Å². The topological polar surface area (TPSA) is 46.0 Å². The van der Waals surface area contributed by atoms with E-state index in [1.807, 2.05) is 6.33 Å². The first-order valence-electron chi connectivity index (χ1n) is 7.73. The number of anilines is 1. The van der Waals surface area contributed by atoms with Gasteiger partial charge in [0.1, 0.15) is 6.33 Å². The van der Waals surface area contributed by atoms with E-state index in [4.69, 9.17) is 0 Å². The van der Waals surface area contributed by atoms with Crippen molar-refractivity contribution >= 4 is 5.69 Å². The lowest BCUT2D eigenvalue weighted by Crippen LogP contribution is -2.35. The van der Waals surface area contributed by atoms with Crippen LogP contribution >= 0.6 is 0 Å². The van der Waals surface area contributed by atoms with E-state index in [2.05, 4.69) is 63.1 Å². The van der Waals surface area contributed by atoms with Gasteiger partial charge in [-0.2, -0.15) is 0 Å². The molecule has 2 aromatic rings. The molecule has 1 aromatic carbocycles. The van der Waals surface area contributed by atoms with Crippen LogP contribution in [0.3, 0.4) is 0 Å². The maximum Gasteiger partial charge on any atom is 0.152 e. The number of para-hydroxylation sites is 1. The molecule has 1 aliphatic heterocycles. The van der Waals surface area contributed by atoms with Gasteiger partial charge in [0.05, 0.1) is 6.54 Å². The van der Waals surface area contributed by atoms with Gasteiger partial charge in [-0.1, -0.05) is 25.1 Å². The lowest BCUT2D eigenvalue weighted by molar-refractivity contribution is 0.544. The molecule has 0 saturated carbocycles. The third-order valence-electron chi connectivity index (χ3n) is 4.08. The highest BCUT2D eigenvalue weighted by Gasteiger charge is 2.21. The van der Waals surface area contributed by atoms with E-state index in [0.29, 0.717) is 6.04 Å². The van der Waals surface area contributed by atoms with Crippen molar-refractivity contribution in [2.24, 2.45) is 0 Å². The quantitative estimate of drug-likeness (QED) is 0.916. The van der Waals surface area contributed by atoms with Crippen LogP contribution in [0.4, 0.5) is 5.69 Å². The predicted octanol–water partition coefficient (Wildman–Crippen LogP) is 2.36. The highest BCUT2D eigenvalue weighted by molar-refractivity contribution is 5.55. The zero-order valence-electron chi connectivity index (χ0n) is 12.8. The first-order chi connectivity index (χ1) is 10.3. The van der Waals surface area contributed by atoms with E-state index in [0.717, 1.165) is 38.4 Å². The Bertz CT molecular complexity index is 592. The maximum absolute atomic E-state index is 4.21. The Hall–Kier alpha value is -1.88. The van der Waals surface area contributed by atoms with Crippen molar-refractivity contribution in [3.05, 3.63) is 42.0 Å². The zero-order valence-corrected chi connectivity index (χ0v) is 12.8. The van der Waals surface area contributed by atoms with Gasteiger partial charge < -0.3 is 14.8 Å². The zero-order chi connectivity index (χ0) is 14.7. The van der Waals surface area contributed by atoms with Gasteiger partial charge in [-0.05, 0) is 31.5 Å². The van der Waals surface area contributed by atoms with E-state index >= 15 is 0 Å². The Kier molecular flexibility index (Phi) is 4.20. The predicted molar refractivity (Wildman–Crippen MR) is 84.2 cm³/mol. The third kappa shape index (κ3) is 2.93. The smallest absolute Gasteiger partial charge is 0.152 e. The van der Waals surface area contributed by atoms with Crippen molar-refractivity contribution in [3.8, 4) is 0 Å². The van der Waals surface area contributed by atoms with Crippen molar-refractivity contribution in [2.45, 2.75) is 39.4 Å². The van der Waals surface area contributed by atoms with Gasteiger partial charge in [0.2, 0.25) is 0 Å². The van der Waals surface area contributed by atoms with Crippen LogP contribution in [0.5, 0.6) is 0 Å². The minimum atomic E-state index is 0.362. The second-order valence-electron chi connectivity index (χ2n) is 5.60. The summed E-state index contributed by atoms with van der Waals surface area (Å²) in [4.78, 5) is 2.41. The summed E-state index contributed by atoms with van der Waals surface area (Å²) in [6, 6.07) is 9.04. The monoisotopic (exact) mass is 285 g/mol. The largest absolute Gasteiger partial charge is 0.362 e. The fourth-order valence-corrected chi connectivity index (χ4v) is 2.88. The molecule has 3 rings (SSSR count). The first kappa shape index (κ1) is 14.1. The lowest BCUT2D eigenvalue weighted by atomic mass is 10.0.